The van der Waals surface area contributed by atoms with Gasteiger partial charge in [-0.2, -0.15) is 5.10 Å². The van der Waals surface area contributed by atoms with Crippen LogP contribution in [0.3, 0.4) is 0 Å². The molecule has 1 fully saturated rings. The summed E-state index contributed by atoms with van der Waals surface area (Å²) in [4.78, 5) is 14.0. The zero-order valence-electron chi connectivity index (χ0n) is 15.1. The first-order valence-corrected chi connectivity index (χ1v) is 11.1. The lowest BCUT2D eigenvalue weighted by Crippen LogP contribution is -2.40. The molecule has 2 heterocycles. The fourth-order valence-electron chi connectivity index (χ4n) is 2.91. The van der Waals surface area contributed by atoms with Crippen LogP contribution in [-0.2, 0) is 31.2 Å². The van der Waals surface area contributed by atoms with Crippen LogP contribution in [-0.4, -0.2) is 80.4 Å². The van der Waals surface area contributed by atoms with Gasteiger partial charge in [-0.1, -0.05) is 0 Å². The largest absolute Gasteiger partial charge is 0.340 e. The number of carbonyl (C=O) groups excluding carboxylic acids is 1. The van der Waals surface area contributed by atoms with E-state index in [4.69, 9.17) is 0 Å². The molecule has 2 rings (SSSR count). The quantitative estimate of drug-likeness (QED) is 0.662. The van der Waals surface area contributed by atoms with Crippen molar-refractivity contribution >= 4 is 25.8 Å². The Hall–Kier alpha value is -1.46. The van der Waals surface area contributed by atoms with E-state index in [2.05, 4.69) is 5.10 Å². The number of sulfone groups is 1. The summed E-state index contributed by atoms with van der Waals surface area (Å²) in [6.07, 6.45) is 0.419. The van der Waals surface area contributed by atoms with E-state index in [1.165, 1.54) is 23.7 Å². The number of hydrogen-bond donors (Lipinski definition) is 0. The van der Waals surface area contributed by atoms with Gasteiger partial charge < -0.3 is 4.90 Å². The minimum Gasteiger partial charge on any atom is -0.340 e. The molecular formula is C14H24N4O5S2. The van der Waals surface area contributed by atoms with Crippen LogP contribution in [0.1, 0.15) is 17.8 Å². The Morgan fingerprint density at radius 3 is 2.36 bits per heavy atom. The number of amides is 1. The first-order valence-electron chi connectivity index (χ1n) is 7.79. The third-order valence-corrected chi connectivity index (χ3v) is 8.31. The third-order valence-electron chi connectivity index (χ3n) is 4.49. The van der Waals surface area contributed by atoms with Gasteiger partial charge in [0.1, 0.15) is 11.4 Å². The molecule has 1 atom stereocenters. The Bertz CT molecular complexity index is 887. The van der Waals surface area contributed by atoms with Crippen LogP contribution < -0.4 is 0 Å². The van der Waals surface area contributed by atoms with E-state index in [9.17, 15) is 21.6 Å². The van der Waals surface area contributed by atoms with Gasteiger partial charge in [0.25, 0.3) is 0 Å². The molecule has 1 aliphatic rings. The number of rotatable bonds is 5. The predicted molar refractivity (Wildman–Crippen MR) is 92.4 cm³/mol. The summed E-state index contributed by atoms with van der Waals surface area (Å²) >= 11 is 0. The van der Waals surface area contributed by atoms with Crippen molar-refractivity contribution in [1.82, 2.24) is 19.0 Å². The maximum absolute atomic E-state index is 12.5. The zero-order valence-corrected chi connectivity index (χ0v) is 16.7. The fourth-order valence-corrected chi connectivity index (χ4v) is 5.95. The molecule has 0 saturated carbocycles. The molecule has 11 heteroatoms. The highest BCUT2D eigenvalue weighted by molar-refractivity contribution is 7.91. The SMILES string of the molecule is Cc1nn(CC(=O)N(C)[C@H]2CCS(=O)(=O)C2)c(C)c1S(=O)(=O)N(C)C. The molecule has 1 saturated heterocycles. The smallest absolute Gasteiger partial charge is 0.246 e. The highest BCUT2D eigenvalue weighted by Crippen LogP contribution is 2.22. The second kappa shape index (κ2) is 6.69. The Morgan fingerprint density at radius 2 is 1.88 bits per heavy atom. The number of carbonyl (C=O) groups is 1. The first kappa shape index (κ1) is 19.9. The molecule has 0 unspecified atom stereocenters. The van der Waals surface area contributed by atoms with Crippen molar-refractivity contribution in [2.45, 2.75) is 37.8 Å². The first-order chi connectivity index (χ1) is 11.4. The number of hydrogen-bond acceptors (Lipinski definition) is 6. The molecule has 0 spiro atoms. The summed E-state index contributed by atoms with van der Waals surface area (Å²) in [5.41, 5.74) is 0.706. The number of likely N-dealkylation sites (N-methyl/N-ethyl adjacent to an activating group) is 1. The second-order valence-corrected chi connectivity index (χ2v) is 10.8. The Morgan fingerprint density at radius 1 is 1.28 bits per heavy atom. The van der Waals surface area contributed by atoms with Gasteiger partial charge in [-0.3, -0.25) is 9.48 Å². The van der Waals surface area contributed by atoms with Gasteiger partial charge in [-0.05, 0) is 20.3 Å². The van der Waals surface area contributed by atoms with Crippen LogP contribution in [0.2, 0.25) is 0 Å². The average Bonchev–Trinajstić information content (AvgIpc) is 2.98. The van der Waals surface area contributed by atoms with Crippen LogP contribution in [0, 0.1) is 13.8 Å². The van der Waals surface area contributed by atoms with Crippen molar-refractivity contribution in [1.29, 1.82) is 0 Å². The molecule has 1 amide bonds. The summed E-state index contributed by atoms with van der Waals surface area (Å²) in [5, 5.41) is 4.18. The highest BCUT2D eigenvalue weighted by atomic mass is 32.2. The van der Waals surface area contributed by atoms with E-state index in [0.717, 1.165) is 4.31 Å². The van der Waals surface area contributed by atoms with Crippen LogP contribution >= 0.6 is 0 Å². The lowest BCUT2D eigenvalue weighted by molar-refractivity contribution is -0.132. The number of sulfonamides is 1. The van der Waals surface area contributed by atoms with Crippen LogP contribution in [0.5, 0.6) is 0 Å². The number of nitrogens with zero attached hydrogens (tertiary/aromatic N) is 4. The molecule has 0 radical (unpaired) electrons. The maximum Gasteiger partial charge on any atom is 0.246 e. The summed E-state index contributed by atoms with van der Waals surface area (Å²) in [7, 11) is -2.31. The topological polar surface area (TPSA) is 110 Å². The molecule has 1 aliphatic heterocycles. The van der Waals surface area contributed by atoms with Gasteiger partial charge in [-0.15, -0.1) is 0 Å². The Labute approximate surface area is 148 Å². The highest BCUT2D eigenvalue weighted by Gasteiger charge is 2.33. The molecule has 0 aliphatic carbocycles. The molecule has 1 aromatic rings. The summed E-state index contributed by atoms with van der Waals surface area (Å²) in [6, 6.07) is -0.348. The minimum atomic E-state index is -3.66. The van der Waals surface area contributed by atoms with Crippen molar-refractivity contribution in [3.05, 3.63) is 11.4 Å². The molecule has 0 bridgehead atoms. The lowest BCUT2D eigenvalue weighted by atomic mass is 10.2. The average molecular weight is 393 g/mol. The summed E-state index contributed by atoms with van der Waals surface area (Å²) in [5.74, 6) is -0.256. The lowest BCUT2D eigenvalue weighted by Gasteiger charge is -2.23. The van der Waals surface area contributed by atoms with Gasteiger partial charge in [0.15, 0.2) is 9.84 Å². The maximum atomic E-state index is 12.5. The van der Waals surface area contributed by atoms with Crippen molar-refractivity contribution in [2.75, 3.05) is 32.6 Å². The molecule has 1 aromatic heterocycles. The normalized spacial score (nSPS) is 20.2. The van der Waals surface area contributed by atoms with Gasteiger partial charge >= 0.3 is 0 Å². The van der Waals surface area contributed by atoms with Gasteiger partial charge in [0, 0.05) is 27.2 Å². The van der Waals surface area contributed by atoms with E-state index in [0.29, 0.717) is 17.8 Å². The molecule has 25 heavy (non-hydrogen) atoms. The molecule has 0 aromatic carbocycles. The van der Waals surface area contributed by atoms with E-state index in [1.54, 1.807) is 20.9 Å². The Balaban J connectivity index is 2.23. The van der Waals surface area contributed by atoms with Crippen molar-refractivity contribution in [3.63, 3.8) is 0 Å². The fraction of sp³-hybridized carbons (Fsp3) is 0.714. The summed E-state index contributed by atoms with van der Waals surface area (Å²) < 4.78 is 50.4. The second-order valence-electron chi connectivity index (χ2n) is 6.51. The van der Waals surface area contributed by atoms with E-state index < -0.39 is 19.9 Å². The van der Waals surface area contributed by atoms with Crippen LogP contribution in [0.4, 0.5) is 0 Å². The van der Waals surface area contributed by atoms with Crippen molar-refractivity contribution < 1.29 is 21.6 Å². The van der Waals surface area contributed by atoms with Gasteiger partial charge in [0.05, 0.1) is 22.9 Å². The van der Waals surface area contributed by atoms with Crippen molar-refractivity contribution in [3.8, 4) is 0 Å². The third kappa shape index (κ3) is 3.87. The predicted octanol–water partition coefficient (Wildman–Crippen LogP) is -0.604. The minimum absolute atomic E-state index is 0.0351. The molecule has 9 nitrogen and oxygen atoms in total. The zero-order chi connectivity index (χ0) is 19.2. The van der Waals surface area contributed by atoms with Crippen molar-refractivity contribution in [2.24, 2.45) is 0 Å². The van der Waals surface area contributed by atoms with E-state index in [-0.39, 0.29) is 34.9 Å². The van der Waals surface area contributed by atoms with Crippen LogP contribution in [0.15, 0.2) is 4.90 Å². The summed E-state index contributed by atoms with van der Waals surface area (Å²) in [6.45, 7) is 3.05. The molecular weight excluding hydrogens is 368 g/mol. The Kier molecular flexibility index (Phi) is 5.31. The van der Waals surface area contributed by atoms with Gasteiger partial charge in [0.2, 0.25) is 15.9 Å². The molecule has 0 N–H and O–H groups in total. The number of aromatic nitrogens is 2. The molecule has 142 valence electrons. The monoisotopic (exact) mass is 392 g/mol. The number of aryl methyl sites for hydroxylation is 1. The van der Waals surface area contributed by atoms with Crippen LogP contribution in [0.25, 0.3) is 0 Å². The standard InChI is InChI=1S/C14H24N4O5S2/c1-10-14(25(22,23)16(3)4)11(2)18(15-10)8-13(19)17(5)12-6-7-24(20,21)9-12/h12H,6-9H2,1-5H3/t12-/m0/s1. The van der Waals surface area contributed by atoms with Gasteiger partial charge in [-0.25, -0.2) is 21.1 Å². The van der Waals surface area contributed by atoms with E-state index >= 15 is 0 Å². The van der Waals surface area contributed by atoms with E-state index in [1.807, 2.05) is 0 Å².